The fourth-order valence-electron chi connectivity index (χ4n) is 5.39. The van der Waals surface area contributed by atoms with Crippen molar-refractivity contribution >= 4 is 29.2 Å². The van der Waals surface area contributed by atoms with Gasteiger partial charge in [-0.3, -0.25) is 19.5 Å². The number of benzene rings is 3. The first-order chi connectivity index (χ1) is 19.9. The van der Waals surface area contributed by atoms with Crippen LogP contribution in [-0.4, -0.2) is 23.7 Å². The minimum Gasteiger partial charge on any atom is -0.497 e. The number of non-ortho nitro benzene ring substituents is 1. The maximum absolute atomic E-state index is 13.9. The maximum atomic E-state index is 13.9. The van der Waals surface area contributed by atoms with Gasteiger partial charge >= 0.3 is 0 Å². The van der Waals surface area contributed by atoms with Crippen LogP contribution in [0.2, 0.25) is 0 Å². The summed E-state index contributed by atoms with van der Waals surface area (Å²) in [6, 6.07) is 21.7. The summed E-state index contributed by atoms with van der Waals surface area (Å²) in [4.78, 5) is 30.3. The van der Waals surface area contributed by atoms with E-state index in [9.17, 15) is 14.9 Å². The molecule has 1 unspecified atom stereocenters. The maximum Gasteiger partial charge on any atom is 0.271 e. The molecule has 2 heterocycles. The minimum atomic E-state index is -0.436. The molecule has 4 aromatic rings. The number of fused-ring (bicyclic) bond motifs is 1. The lowest BCUT2D eigenvalue weighted by Gasteiger charge is -2.31. The average molecular weight is 566 g/mol. The SMILES string of the molecule is COc1ccc(C=C2CCCC3=C2N=c2sc(=Cc4ccc([N+](=O)[O-])cc4)c(=O)n2C3c2ccc(OC)cc2)cc1. The zero-order valence-electron chi connectivity index (χ0n) is 22.6. The Balaban J connectivity index is 1.52. The topological polar surface area (TPSA) is 96.0 Å². The third-order valence-corrected chi connectivity index (χ3v) is 8.41. The highest BCUT2D eigenvalue weighted by molar-refractivity contribution is 7.07. The predicted octanol–water partition coefficient (Wildman–Crippen LogP) is 5.41. The molecule has 3 aromatic carbocycles. The van der Waals surface area contributed by atoms with Crippen LogP contribution >= 0.6 is 11.3 Å². The summed E-state index contributed by atoms with van der Waals surface area (Å²) in [5.41, 5.74) is 5.84. The lowest BCUT2D eigenvalue weighted by atomic mass is 9.84. The predicted molar refractivity (Wildman–Crippen MR) is 159 cm³/mol. The molecule has 0 fully saturated rings. The first-order valence-electron chi connectivity index (χ1n) is 13.2. The zero-order valence-corrected chi connectivity index (χ0v) is 23.4. The van der Waals surface area contributed by atoms with Gasteiger partial charge in [-0.05, 0) is 95.6 Å². The first kappa shape index (κ1) is 26.5. The molecule has 0 spiro atoms. The van der Waals surface area contributed by atoms with Gasteiger partial charge in [-0.1, -0.05) is 35.6 Å². The molecule has 206 valence electrons. The molecule has 8 nitrogen and oxygen atoms in total. The van der Waals surface area contributed by atoms with Crippen molar-refractivity contribution in [3.8, 4) is 11.5 Å². The Morgan fingerprint density at radius 2 is 1.51 bits per heavy atom. The Labute approximate surface area is 240 Å². The summed E-state index contributed by atoms with van der Waals surface area (Å²) in [6.07, 6.45) is 6.63. The molecule has 0 saturated carbocycles. The Bertz CT molecular complexity index is 1870. The van der Waals surface area contributed by atoms with Crippen LogP contribution in [0, 0.1) is 10.1 Å². The van der Waals surface area contributed by atoms with E-state index in [1.807, 2.05) is 48.5 Å². The standard InChI is InChI=1S/C32H27N3O5S/c1-39-25-14-8-20(9-15-25)18-23-4-3-5-27-29(23)33-32-34(30(27)22-10-16-26(40-2)17-11-22)31(36)28(41-32)19-21-6-12-24(13-7-21)35(37)38/h6-19,30H,3-5H2,1-2H3. The fraction of sp³-hybridized carbons (Fsp3) is 0.188. The number of aromatic nitrogens is 1. The summed E-state index contributed by atoms with van der Waals surface area (Å²) in [7, 11) is 3.29. The van der Waals surface area contributed by atoms with Crippen molar-refractivity contribution in [2.45, 2.75) is 25.3 Å². The number of ether oxygens (including phenoxy) is 2. The van der Waals surface area contributed by atoms with Crippen molar-refractivity contribution in [3.63, 3.8) is 0 Å². The molecular weight excluding hydrogens is 538 g/mol. The number of nitro groups is 1. The number of hydrogen-bond donors (Lipinski definition) is 0. The van der Waals surface area contributed by atoms with Gasteiger partial charge in [0.25, 0.3) is 11.2 Å². The molecule has 0 N–H and O–H groups in total. The number of methoxy groups -OCH3 is 2. The molecule has 1 aromatic heterocycles. The van der Waals surface area contributed by atoms with E-state index in [0.29, 0.717) is 14.9 Å². The summed E-state index contributed by atoms with van der Waals surface area (Å²) in [5, 5.41) is 11.1. The highest BCUT2D eigenvalue weighted by Crippen LogP contribution is 2.41. The summed E-state index contributed by atoms with van der Waals surface area (Å²) >= 11 is 1.33. The zero-order chi connectivity index (χ0) is 28.5. The molecule has 1 aliphatic heterocycles. The van der Waals surface area contributed by atoms with E-state index in [0.717, 1.165) is 58.7 Å². The number of nitrogens with zero attached hydrogens (tertiary/aromatic N) is 3. The molecule has 1 aliphatic carbocycles. The molecule has 0 amide bonds. The van der Waals surface area contributed by atoms with Crippen molar-refractivity contribution in [1.29, 1.82) is 0 Å². The van der Waals surface area contributed by atoms with Gasteiger partial charge in [0, 0.05) is 12.1 Å². The molecule has 0 saturated heterocycles. The molecule has 0 bridgehead atoms. The van der Waals surface area contributed by atoms with Crippen LogP contribution in [0.5, 0.6) is 11.5 Å². The summed E-state index contributed by atoms with van der Waals surface area (Å²) in [5.74, 6) is 1.55. The van der Waals surface area contributed by atoms with Crippen LogP contribution in [-0.2, 0) is 0 Å². The summed E-state index contributed by atoms with van der Waals surface area (Å²) in [6.45, 7) is 0. The number of rotatable bonds is 6. The lowest BCUT2D eigenvalue weighted by Crippen LogP contribution is -2.39. The molecule has 1 atom stereocenters. The van der Waals surface area contributed by atoms with E-state index in [1.165, 1.54) is 23.5 Å². The second kappa shape index (κ2) is 11.0. The van der Waals surface area contributed by atoms with Crippen molar-refractivity contribution < 1.29 is 14.4 Å². The Hall–Kier alpha value is -4.76. The van der Waals surface area contributed by atoms with Crippen LogP contribution in [0.1, 0.15) is 42.0 Å². The van der Waals surface area contributed by atoms with Gasteiger partial charge < -0.3 is 9.47 Å². The van der Waals surface area contributed by atoms with Gasteiger partial charge in [0.2, 0.25) is 0 Å². The molecule has 2 aliphatic rings. The fourth-order valence-corrected chi connectivity index (χ4v) is 6.39. The van der Waals surface area contributed by atoms with Gasteiger partial charge in [0.15, 0.2) is 4.80 Å². The number of hydrogen-bond acceptors (Lipinski definition) is 7. The van der Waals surface area contributed by atoms with Crippen LogP contribution in [0.15, 0.2) is 99.4 Å². The number of thiazole rings is 1. The van der Waals surface area contributed by atoms with E-state index in [1.54, 1.807) is 37.0 Å². The molecule has 41 heavy (non-hydrogen) atoms. The second-order valence-corrected chi connectivity index (χ2v) is 10.9. The van der Waals surface area contributed by atoms with Crippen LogP contribution in [0.25, 0.3) is 12.2 Å². The third kappa shape index (κ3) is 5.12. The van der Waals surface area contributed by atoms with E-state index in [4.69, 9.17) is 14.5 Å². The number of allylic oxidation sites excluding steroid dienone is 2. The van der Waals surface area contributed by atoms with Gasteiger partial charge in [-0.15, -0.1) is 0 Å². The lowest BCUT2D eigenvalue weighted by molar-refractivity contribution is -0.384. The van der Waals surface area contributed by atoms with Crippen LogP contribution in [0.4, 0.5) is 5.69 Å². The van der Waals surface area contributed by atoms with E-state index >= 15 is 0 Å². The van der Waals surface area contributed by atoms with E-state index in [2.05, 4.69) is 6.08 Å². The monoisotopic (exact) mass is 565 g/mol. The Morgan fingerprint density at radius 3 is 2.15 bits per heavy atom. The third-order valence-electron chi connectivity index (χ3n) is 7.42. The van der Waals surface area contributed by atoms with E-state index < -0.39 is 4.92 Å². The molecule has 9 heteroatoms. The van der Waals surface area contributed by atoms with Gasteiger partial charge in [0.05, 0.1) is 35.4 Å². The highest BCUT2D eigenvalue weighted by Gasteiger charge is 2.32. The number of nitro benzene ring substituents is 1. The van der Waals surface area contributed by atoms with Crippen molar-refractivity contribution in [2.24, 2.45) is 4.99 Å². The second-order valence-electron chi connectivity index (χ2n) is 9.87. The van der Waals surface area contributed by atoms with Crippen molar-refractivity contribution in [2.75, 3.05) is 14.2 Å². The van der Waals surface area contributed by atoms with Gasteiger partial charge in [0.1, 0.15) is 11.5 Å². The van der Waals surface area contributed by atoms with Gasteiger partial charge in [-0.2, -0.15) is 0 Å². The van der Waals surface area contributed by atoms with Crippen LogP contribution in [0.3, 0.4) is 0 Å². The normalized spacial score (nSPS) is 17.6. The first-order valence-corrected chi connectivity index (χ1v) is 14.0. The molecule has 0 radical (unpaired) electrons. The smallest absolute Gasteiger partial charge is 0.271 e. The van der Waals surface area contributed by atoms with Gasteiger partial charge in [-0.25, -0.2) is 4.99 Å². The quantitative estimate of drug-likeness (QED) is 0.230. The largest absolute Gasteiger partial charge is 0.497 e. The Morgan fingerprint density at radius 1 is 0.902 bits per heavy atom. The van der Waals surface area contributed by atoms with Crippen molar-refractivity contribution in [3.05, 3.63) is 136 Å². The van der Waals surface area contributed by atoms with Crippen molar-refractivity contribution in [1.82, 2.24) is 4.57 Å². The van der Waals surface area contributed by atoms with Crippen LogP contribution < -0.4 is 24.4 Å². The molecule has 6 rings (SSSR count). The molecular formula is C32H27N3O5S. The average Bonchev–Trinajstić information content (AvgIpc) is 3.31. The summed E-state index contributed by atoms with van der Waals surface area (Å²) < 4.78 is 13.0. The highest BCUT2D eigenvalue weighted by atomic mass is 32.1. The Kier molecular flexibility index (Phi) is 7.11. The minimum absolute atomic E-state index is 0.00645. The van der Waals surface area contributed by atoms with E-state index in [-0.39, 0.29) is 17.3 Å².